The summed E-state index contributed by atoms with van der Waals surface area (Å²) < 4.78 is 5.52. The van der Waals surface area contributed by atoms with Crippen LogP contribution in [0.3, 0.4) is 0 Å². The van der Waals surface area contributed by atoms with E-state index in [0.29, 0.717) is 23.9 Å². The van der Waals surface area contributed by atoms with Crippen molar-refractivity contribution in [1.82, 2.24) is 5.32 Å². The zero-order chi connectivity index (χ0) is 13.9. The third-order valence-electron chi connectivity index (χ3n) is 4.88. The number of methoxy groups -OCH3 is 1. The van der Waals surface area contributed by atoms with Gasteiger partial charge in [-0.1, -0.05) is 12.1 Å². The average molecular weight is 275 g/mol. The third kappa shape index (κ3) is 2.84. The highest BCUT2D eigenvalue weighted by Crippen LogP contribution is 2.35. The zero-order valence-electron chi connectivity index (χ0n) is 12.3. The molecule has 3 rings (SSSR count). The molecule has 3 nitrogen and oxygen atoms in total. The summed E-state index contributed by atoms with van der Waals surface area (Å²) in [6, 6.07) is 6.89. The summed E-state index contributed by atoms with van der Waals surface area (Å²) in [4.78, 5) is 0. The summed E-state index contributed by atoms with van der Waals surface area (Å²) >= 11 is 0. The van der Waals surface area contributed by atoms with E-state index in [0.717, 1.165) is 24.8 Å². The maximum atomic E-state index is 10.0. The van der Waals surface area contributed by atoms with E-state index in [1.807, 2.05) is 19.2 Å². The number of rotatable bonds is 3. The Labute approximate surface area is 121 Å². The van der Waals surface area contributed by atoms with E-state index < -0.39 is 0 Å². The van der Waals surface area contributed by atoms with Crippen molar-refractivity contribution in [2.75, 3.05) is 7.11 Å². The van der Waals surface area contributed by atoms with Gasteiger partial charge in [0.2, 0.25) is 0 Å². The predicted octanol–water partition coefficient (Wildman–Crippen LogP) is 3.32. The molecular weight excluding hydrogens is 250 g/mol. The zero-order valence-corrected chi connectivity index (χ0v) is 12.3. The summed E-state index contributed by atoms with van der Waals surface area (Å²) in [5.74, 6) is 0.465. The second-order valence-electron chi connectivity index (χ2n) is 6.18. The van der Waals surface area contributed by atoms with Crippen LogP contribution in [0.5, 0.6) is 5.75 Å². The van der Waals surface area contributed by atoms with Gasteiger partial charge in [-0.25, -0.2) is 0 Å². The first-order chi connectivity index (χ1) is 9.78. The monoisotopic (exact) mass is 275 g/mol. The van der Waals surface area contributed by atoms with E-state index in [2.05, 4.69) is 11.4 Å². The molecule has 0 heterocycles. The number of hydrogen-bond acceptors (Lipinski definition) is 3. The summed E-state index contributed by atoms with van der Waals surface area (Å²) in [7, 11) is 1.82. The minimum Gasteiger partial charge on any atom is -0.508 e. The quantitative estimate of drug-likeness (QED) is 0.889. The lowest BCUT2D eigenvalue weighted by Gasteiger charge is -2.34. The molecule has 110 valence electrons. The lowest BCUT2D eigenvalue weighted by Crippen LogP contribution is -2.39. The van der Waals surface area contributed by atoms with Crippen LogP contribution in [0.2, 0.25) is 0 Å². The number of phenols is 1. The molecule has 2 aliphatic rings. The van der Waals surface area contributed by atoms with Gasteiger partial charge in [0.1, 0.15) is 5.75 Å². The number of hydrogen-bond donors (Lipinski definition) is 2. The molecule has 0 radical (unpaired) electrons. The van der Waals surface area contributed by atoms with Crippen molar-refractivity contribution in [1.29, 1.82) is 0 Å². The molecule has 1 aromatic carbocycles. The van der Waals surface area contributed by atoms with Crippen LogP contribution in [0.15, 0.2) is 18.2 Å². The van der Waals surface area contributed by atoms with Gasteiger partial charge in [0.05, 0.1) is 6.10 Å². The maximum absolute atomic E-state index is 10.0. The van der Waals surface area contributed by atoms with E-state index >= 15 is 0 Å². The minimum atomic E-state index is 0.395. The predicted molar refractivity (Wildman–Crippen MR) is 80.0 cm³/mol. The Morgan fingerprint density at radius 2 is 2.10 bits per heavy atom. The molecule has 0 bridgehead atoms. The van der Waals surface area contributed by atoms with E-state index in [9.17, 15) is 5.11 Å². The molecule has 3 atom stereocenters. The first-order valence-corrected chi connectivity index (χ1v) is 7.87. The number of aromatic hydroxyl groups is 1. The molecule has 0 saturated heterocycles. The summed E-state index contributed by atoms with van der Waals surface area (Å²) in [5, 5.41) is 13.8. The molecule has 1 aromatic rings. The van der Waals surface area contributed by atoms with Gasteiger partial charge in [-0.2, -0.15) is 0 Å². The first kappa shape index (κ1) is 13.9. The van der Waals surface area contributed by atoms with Crippen molar-refractivity contribution in [2.45, 2.75) is 63.1 Å². The third-order valence-corrected chi connectivity index (χ3v) is 4.88. The lowest BCUT2D eigenvalue weighted by molar-refractivity contribution is 0.0564. The van der Waals surface area contributed by atoms with Gasteiger partial charge in [0.15, 0.2) is 0 Å². The van der Waals surface area contributed by atoms with Crippen molar-refractivity contribution in [3.05, 3.63) is 29.3 Å². The Morgan fingerprint density at radius 3 is 2.95 bits per heavy atom. The molecule has 3 heteroatoms. The molecule has 0 unspecified atom stereocenters. The lowest BCUT2D eigenvalue weighted by atomic mass is 9.85. The molecular formula is C17H25NO2. The fourth-order valence-electron chi connectivity index (χ4n) is 3.80. The largest absolute Gasteiger partial charge is 0.508 e. The maximum Gasteiger partial charge on any atom is 0.119 e. The Balaban J connectivity index is 1.71. The molecule has 20 heavy (non-hydrogen) atoms. The van der Waals surface area contributed by atoms with Crippen molar-refractivity contribution in [3.63, 3.8) is 0 Å². The van der Waals surface area contributed by atoms with Gasteiger partial charge in [0, 0.05) is 19.2 Å². The molecule has 2 aliphatic carbocycles. The van der Waals surface area contributed by atoms with Gasteiger partial charge in [-0.15, -0.1) is 0 Å². The highest BCUT2D eigenvalue weighted by Gasteiger charge is 2.27. The highest BCUT2D eigenvalue weighted by atomic mass is 16.5. The van der Waals surface area contributed by atoms with Gasteiger partial charge in [-0.05, 0) is 62.1 Å². The molecule has 0 amide bonds. The second-order valence-corrected chi connectivity index (χ2v) is 6.18. The van der Waals surface area contributed by atoms with Crippen molar-refractivity contribution >= 4 is 0 Å². The smallest absolute Gasteiger partial charge is 0.119 e. The second kappa shape index (κ2) is 6.15. The van der Waals surface area contributed by atoms with E-state index in [1.165, 1.54) is 31.2 Å². The van der Waals surface area contributed by atoms with Crippen LogP contribution in [0.4, 0.5) is 0 Å². The normalized spacial score (nSPS) is 29.9. The van der Waals surface area contributed by atoms with Crippen LogP contribution in [0, 0.1) is 0 Å². The van der Waals surface area contributed by atoms with Crippen molar-refractivity contribution in [2.24, 2.45) is 0 Å². The number of benzene rings is 1. The number of nitrogens with one attached hydrogen (secondary N) is 1. The van der Waals surface area contributed by atoms with Crippen LogP contribution in [0.1, 0.15) is 55.7 Å². The minimum absolute atomic E-state index is 0.395. The number of phenolic OH excluding ortho intramolecular Hbond substituents is 1. The fraction of sp³-hybridized carbons (Fsp3) is 0.647. The Bertz CT molecular complexity index is 460. The molecule has 0 spiro atoms. The molecule has 0 aliphatic heterocycles. The van der Waals surface area contributed by atoms with E-state index in [4.69, 9.17) is 4.74 Å². The average Bonchev–Trinajstić information content (AvgIpc) is 2.49. The molecule has 0 aromatic heterocycles. The summed E-state index contributed by atoms with van der Waals surface area (Å²) in [5.41, 5.74) is 2.45. The van der Waals surface area contributed by atoms with Crippen LogP contribution in [-0.2, 0) is 11.2 Å². The number of ether oxygens (including phenoxy) is 1. The Kier molecular flexibility index (Phi) is 4.27. The molecule has 2 N–H and O–H groups in total. The SMILES string of the molecule is CO[C@@H]1CCC[C@@H](N[C@@H]2CCCc3c(O)cccc32)C1. The Morgan fingerprint density at radius 1 is 1.20 bits per heavy atom. The fourth-order valence-corrected chi connectivity index (χ4v) is 3.80. The van der Waals surface area contributed by atoms with Crippen LogP contribution >= 0.6 is 0 Å². The van der Waals surface area contributed by atoms with Gasteiger partial charge < -0.3 is 15.2 Å². The van der Waals surface area contributed by atoms with E-state index in [1.54, 1.807) is 0 Å². The van der Waals surface area contributed by atoms with Gasteiger partial charge in [0.25, 0.3) is 0 Å². The number of fused-ring (bicyclic) bond motifs is 1. The molecule has 1 fully saturated rings. The van der Waals surface area contributed by atoms with Crippen LogP contribution in [0.25, 0.3) is 0 Å². The van der Waals surface area contributed by atoms with E-state index in [-0.39, 0.29) is 0 Å². The standard InChI is InChI=1S/C17H25NO2/c1-20-13-6-2-5-12(11-13)18-16-9-3-8-15-14(16)7-4-10-17(15)19/h4,7,10,12-13,16,18-19H,2-3,5-6,8-9,11H2,1H3/t12-,13-,16-/m1/s1. The topological polar surface area (TPSA) is 41.5 Å². The van der Waals surface area contributed by atoms with Crippen molar-refractivity contribution < 1.29 is 9.84 Å². The van der Waals surface area contributed by atoms with Gasteiger partial charge in [-0.3, -0.25) is 0 Å². The first-order valence-electron chi connectivity index (χ1n) is 7.87. The Hall–Kier alpha value is -1.06. The van der Waals surface area contributed by atoms with Crippen LogP contribution < -0.4 is 5.32 Å². The van der Waals surface area contributed by atoms with Crippen LogP contribution in [-0.4, -0.2) is 24.4 Å². The summed E-state index contributed by atoms with van der Waals surface area (Å²) in [6.45, 7) is 0. The molecule has 1 saturated carbocycles. The van der Waals surface area contributed by atoms with Gasteiger partial charge >= 0.3 is 0 Å². The highest BCUT2D eigenvalue weighted by molar-refractivity contribution is 5.42. The van der Waals surface area contributed by atoms with Crippen molar-refractivity contribution in [3.8, 4) is 5.75 Å². The summed E-state index contributed by atoms with van der Waals surface area (Å²) in [6.07, 6.45) is 8.53.